The first-order valence-corrected chi connectivity index (χ1v) is 11.3. The van der Waals surface area contributed by atoms with Gasteiger partial charge in [0.2, 0.25) is 0 Å². The van der Waals surface area contributed by atoms with Gasteiger partial charge in [-0.05, 0) is 47.9 Å². The lowest BCUT2D eigenvalue weighted by molar-refractivity contribution is -0.0520. The number of benzene rings is 2. The number of carbonyl (C=O) groups is 1. The second-order valence-corrected chi connectivity index (χ2v) is 8.02. The molecule has 7 nitrogen and oxygen atoms in total. The lowest BCUT2D eigenvalue weighted by Crippen LogP contribution is -2.21. The number of carboxylic acid groups (broad SMARTS) is 1. The maximum absolute atomic E-state index is 13.1. The summed E-state index contributed by atoms with van der Waals surface area (Å²) in [5.74, 6) is -0.926. The third-order valence-electron chi connectivity index (χ3n) is 5.73. The minimum Gasteiger partial charge on any atom is -0.484 e. The fraction of sp³-hybridized carbons (Fsp3) is 0.308. The maximum atomic E-state index is 13.1. The van der Waals surface area contributed by atoms with Crippen molar-refractivity contribution in [2.45, 2.75) is 39.0 Å². The largest absolute Gasteiger partial charge is 0.484 e. The van der Waals surface area contributed by atoms with Gasteiger partial charge in [0.25, 0.3) is 0 Å². The van der Waals surface area contributed by atoms with Crippen molar-refractivity contribution in [1.29, 1.82) is 0 Å². The Bertz CT molecular complexity index is 1150. The van der Waals surface area contributed by atoms with Crippen molar-refractivity contribution in [3.63, 3.8) is 0 Å². The summed E-state index contributed by atoms with van der Waals surface area (Å²) in [6.07, 6.45) is 4.23. The fourth-order valence-corrected chi connectivity index (χ4v) is 4.12. The molecule has 1 fully saturated rings. The molecule has 0 spiro atoms. The third kappa shape index (κ3) is 5.86. The predicted octanol–water partition coefficient (Wildman–Crippen LogP) is 5.45. The lowest BCUT2D eigenvalue weighted by atomic mass is 10.0. The maximum Gasteiger partial charge on any atom is 0.387 e. The number of hydrogen-bond donors (Lipinski definition) is 1. The third-order valence-corrected chi connectivity index (χ3v) is 5.73. The van der Waals surface area contributed by atoms with Gasteiger partial charge in [-0.2, -0.15) is 8.78 Å². The number of ether oxygens (including phenoxy) is 3. The molecular weight excluding hydrogens is 458 g/mol. The summed E-state index contributed by atoms with van der Waals surface area (Å²) in [6, 6.07) is 13.6. The van der Waals surface area contributed by atoms with E-state index >= 15 is 0 Å². The molecule has 1 aromatic heterocycles. The standard InChI is InChI=1S/C26H26F2N2O5/c1-2-20-21(25(31)32)6-3-7-22(20)30(15-17-5-4-11-29-14-17)18-8-9-23(35-26(27)28)24(13-18)34-19-10-12-33-16-19/h3-9,11,13-14,19,26H,2,10,12,15-16H2,1H3,(H,31,32). The highest BCUT2D eigenvalue weighted by molar-refractivity contribution is 5.92. The molecule has 1 N–H and O–H groups in total. The average Bonchev–Trinajstić information content (AvgIpc) is 3.36. The van der Waals surface area contributed by atoms with Gasteiger partial charge in [0.05, 0.1) is 18.8 Å². The van der Waals surface area contributed by atoms with Gasteiger partial charge in [-0.25, -0.2) is 4.79 Å². The molecule has 1 unspecified atom stereocenters. The molecule has 2 aromatic carbocycles. The van der Waals surface area contributed by atoms with Gasteiger partial charge < -0.3 is 24.2 Å². The van der Waals surface area contributed by atoms with Crippen molar-refractivity contribution >= 4 is 17.3 Å². The Kier molecular flexibility index (Phi) is 7.77. The van der Waals surface area contributed by atoms with Gasteiger partial charge in [0.15, 0.2) is 11.5 Å². The van der Waals surface area contributed by atoms with Crippen LogP contribution in [0.25, 0.3) is 0 Å². The molecule has 4 rings (SSSR count). The molecule has 3 aromatic rings. The highest BCUT2D eigenvalue weighted by Crippen LogP contribution is 2.39. The van der Waals surface area contributed by atoms with Crippen LogP contribution < -0.4 is 14.4 Å². The number of nitrogens with zero attached hydrogens (tertiary/aromatic N) is 2. The number of pyridine rings is 1. The number of aromatic carboxylic acids is 1. The van der Waals surface area contributed by atoms with Crippen molar-refractivity contribution in [3.8, 4) is 11.5 Å². The molecule has 0 amide bonds. The Balaban J connectivity index is 1.81. The minimum atomic E-state index is -3.01. The number of anilines is 2. The van der Waals surface area contributed by atoms with Crippen molar-refractivity contribution in [2.24, 2.45) is 0 Å². The summed E-state index contributed by atoms with van der Waals surface area (Å²) in [5, 5.41) is 9.74. The van der Waals surface area contributed by atoms with E-state index in [9.17, 15) is 18.7 Å². The summed E-state index contributed by atoms with van der Waals surface area (Å²) < 4.78 is 42.2. The van der Waals surface area contributed by atoms with E-state index in [1.165, 1.54) is 6.07 Å². The summed E-state index contributed by atoms with van der Waals surface area (Å²) in [7, 11) is 0. The van der Waals surface area contributed by atoms with E-state index in [1.54, 1.807) is 36.7 Å². The molecule has 1 saturated heterocycles. The van der Waals surface area contributed by atoms with Gasteiger partial charge >= 0.3 is 12.6 Å². The van der Waals surface area contributed by atoms with Crippen LogP contribution in [0.3, 0.4) is 0 Å². The molecule has 0 aliphatic carbocycles. The number of aromatic nitrogens is 1. The lowest BCUT2D eigenvalue weighted by Gasteiger charge is -2.29. The zero-order valence-electron chi connectivity index (χ0n) is 19.2. The summed E-state index contributed by atoms with van der Waals surface area (Å²) in [6.45, 7) is 0.142. The van der Waals surface area contributed by atoms with Gasteiger partial charge in [0, 0.05) is 42.8 Å². The van der Waals surface area contributed by atoms with Crippen LogP contribution in [-0.2, 0) is 17.7 Å². The number of hydrogen-bond acceptors (Lipinski definition) is 6. The van der Waals surface area contributed by atoms with Gasteiger partial charge in [0.1, 0.15) is 6.10 Å². The molecule has 1 aliphatic heterocycles. The summed E-state index contributed by atoms with van der Waals surface area (Å²) in [4.78, 5) is 18.0. The minimum absolute atomic E-state index is 0.0769. The highest BCUT2D eigenvalue weighted by Gasteiger charge is 2.24. The first-order chi connectivity index (χ1) is 17.0. The molecule has 0 radical (unpaired) electrons. The first-order valence-electron chi connectivity index (χ1n) is 11.3. The second kappa shape index (κ2) is 11.1. The van der Waals surface area contributed by atoms with Crippen molar-refractivity contribution in [3.05, 3.63) is 77.6 Å². The van der Waals surface area contributed by atoms with Crippen molar-refractivity contribution < 1.29 is 32.9 Å². The van der Waals surface area contributed by atoms with Gasteiger partial charge in [-0.1, -0.05) is 19.1 Å². The van der Waals surface area contributed by atoms with E-state index in [0.29, 0.717) is 49.5 Å². The number of rotatable bonds is 10. The monoisotopic (exact) mass is 484 g/mol. The molecule has 1 atom stereocenters. The van der Waals surface area contributed by atoms with Crippen LogP contribution in [0.1, 0.15) is 34.8 Å². The molecule has 2 heterocycles. The van der Waals surface area contributed by atoms with Crippen molar-refractivity contribution in [1.82, 2.24) is 4.98 Å². The van der Waals surface area contributed by atoms with Crippen LogP contribution in [0.15, 0.2) is 60.9 Å². The van der Waals surface area contributed by atoms with E-state index in [2.05, 4.69) is 4.98 Å². The smallest absolute Gasteiger partial charge is 0.387 e. The Morgan fingerprint density at radius 3 is 2.74 bits per heavy atom. The van der Waals surface area contributed by atoms with E-state index in [-0.39, 0.29) is 23.2 Å². The first kappa shape index (κ1) is 24.4. The molecule has 0 saturated carbocycles. The van der Waals surface area contributed by atoms with Crippen LogP contribution in [0.5, 0.6) is 11.5 Å². The molecule has 0 bridgehead atoms. The quantitative estimate of drug-likeness (QED) is 0.410. The van der Waals surface area contributed by atoms with Crippen molar-refractivity contribution in [2.75, 3.05) is 18.1 Å². The normalized spacial score (nSPS) is 15.3. The second-order valence-electron chi connectivity index (χ2n) is 8.02. The molecule has 184 valence electrons. The predicted molar refractivity (Wildman–Crippen MR) is 126 cm³/mol. The Hall–Kier alpha value is -3.72. The Labute approximate surface area is 201 Å². The average molecular weight is 484 g/mol. The van der Waals surface area contributed by atoms with Crippen LogP contribution >= 0.6 is 0 Å². The topological polar surface area (TPSA) is 81.1 Å². The zero-order chi connectivity index (χ0) is 24.8. The van der Waals surface area contributed by atoms with Gasteiger partial charge in [-0.3, -0.25) is 4.98 Å². The van der Waals surface area contributed by atoms with Gasteiger partial charge in [-0.15, -0.1) is 0 Å². The molecule has 35 heavy (non-hydrogen) atoms. The van der Waals surface area contributed by atoms with Crippen LogP contribution in [0.2, 0.25) is 0 Å². The highest BCUT2D eigenvalue weighted by atomic mass is 19.3. The molecule has 1 aliphatic rings. The molecular formula is C26H26F2N2O5. The fourth-order valence-electron chi connectivity index (χ4n) is 4.12. The number of alkyl halides is 2. The zero-order valence-corrected chi connectivity index (χ0v) is 19.2. The van der Waals surface area contributed by atoms with E-state index in [1.807, 2.05) is 30.0 Å². The SMILES string of the molecule is CCc1c(C(=O)O)cccc1N(Cc1cccnc1)c1ccc(OC(F)F)c(OC2CCOC2)c1. The Morgan fingerprint density at radius 2 is 2.09 bits per heavy atom. The number of halogens is 2. The molecule has 9 heteroatoms. The van der Waals surface area contributed by atoms with E-state index < -0.39 is 12.6 Å². The van der Waals surface area contributed by atoms with Crippen LogP contribution in [-0.4, -0.2) is 42.0 Å². The van der Waals surface area contributed by atoms with E-state index in [4.69, 9.17) is 14.2 Å². The Morgan fingerprint density at radius 1 is 1.23 bits per heavy atom. The summed E-state index contributed by atoms with van der Waals surface area (Å²) in [5.41, 5.74) is 3.06. The van der Waals surface area contributed by atoms with E-state index in [0.717, 1.165) is 5.56 Å². The summed E-state index contributed by atoms with van der Waals surface area (Å²) >= 11 is 0. The van der Waals surface area contributed by atoms with Crippen LogP contribution in [0.4, 0.5) is 20.2 Å². The number of carboxylic acids is 1. The van der Waals surface area contributed by atoms with Crippen LogP contribution in [0, 0.1) is 0 Å².